The van der Waals surface area contributed by atoms with E-state index < -0.39 is 12.1 Å². The normalized spacial score (nSPS) is 17.4. The molecule has 2 amide bonds. The number of anilines is 1. The standard InChI is InChI=1S/C34H47N3O6S/c1-21(38)35-26-15-13-22-19-30(41-2)32(42-3)33(43-4)31(22)24-14-16-27(29(39)20-25(24)26)37-28(17-18-44-5)34(40)36-23-11-9-7-6-8-10-12-23/h14,16,19-20,23,26,28H,6-13,15,17-18H2,1-5H3,(H,35,38)(H,36,40)(H,37,39)/t26-,28-/m1/s1. The van der Waals surface area contributed by atoms with Crippen LogP contribution in [0.3, 0.4) is 0 Å². The van der Waals surface area contributed by atoms with Crippen molar-refractivity contribution in [3.63, 3.8) is 0 Å². The first-order chi connectivity index (χ1) is 21.3. The van der Waals surface area contributed by atoms with E-state index in [0.29, 0.717) is 47.8 Å². The van der Waals surface area contributed by atoms with Gasteiger partial charge in [-0.05, 0) is 79.0 Å². The predicted octanol–water partition coefficient (Wildman–Crippen LogP) is 5.63. The minimum Gasteiger partial charge on any atom is -0.493 e. The van der Waals surface area contributed by atoms with Gasteiger partial charge in [0.25, 0.3) is 0 Å². The molecule has 1 fully saturated rings. The molecule has 0 aliphatic heterocycles. The molecule has 1 saturated carbocycles. The smallest absolute Gasteiger partial charge is 0.242 e. The number of carbonyl (C=O) groups is 2. The summed E-state index contributed by atoms with van der Waals surface area (Å²) in [5.74, 6) is 2.01. The lowest BCUT2D eigenvalue weighted by molar-refractivity contribution is -0.123. The highest BCUT2D eigenvalue weighted by atomic mass is 32.2. The van der Waals surface area contributed by atoms with Crippen LogP contribution in [0.25, 0.3) is 11.1 Å². The van der Waals surface area contributed by atoms with Gasteiger partial charge in [-0.15, -0.1) is 0 Å². The van der Waals surface area contributed by atoms with Crippen molar-refractivity contribution in [2.24, 2.45) is 0 Å². The maximum atomic E-state index is 13.8. The van der Waals surface area contributed by atoms with E-state index in [9.17, 15) is 14.4 Å². The number of methoxy groups -OCH3 is 3. The van der Waals surface area contributed by atoms with Crippen LogP contribution in [-0.4, -0.2) is 57.2 Å². The average Bonchev–Trinajstić information content (AvgIpc) is 3.23. The quantitative estimate of drug-likeness (QED) is 0.295. The van der Waals surface area contributed by atoms with Gasteiger partial charge in [0, 0.05) is 18.5 Å². The van der Waals surface area contributed by atoms with E-state index in [4.69, 9.17) is 14.2 Å². The largest absolute Gasteiger partial charge is 0.493 e. The van der Waals surface area contributed by atoms with E-state index >= 15 is 0 Å². The lowest BCUT2D eigenvalue weighted by atomic mass is 9.95. The number of carbonyl (C=O) groups excluding carboxylic acids is 2. The third-order valence-corrected chi connectivity index (χ3v) is 9.27. The van der Waals surface area contributed by atoms with Crippen LogP contribution in [0.1, 0.15) is 81.9 Å². The Kier molecular flexibility index (Phi) is 12.2. The van der Waals surface area contributed by atoms with Crippen LogP contribution < -0.4 is 35.6 Å². The minimum absolute atomic E-state index is 0.0722. The molecule has 0 heterocycles. The van der Waals surface area contributed by atoms with Crippen molar-refractivity contribution in [2.75, 3.05) is 38.7 Å². The number of aryl methyl sites for hydroxylation is 1. The Labute approximate surface area is 265 Å². The van der Waals surface area contributed by atoms with Crippen LogP contribution in [0.4, 0.5) is 5.69 Å². The van der Waals surface area contributed by atoms with Crippen LogP contribution in [0.5, 0.6) is 17.2 Å². The summed E-state index contributed by atoms with van der Waals surface area (Å²) in [5.41, 5.74) is 3.26. The predicted molar refractivity (Wildman–Crippen MR) is 177 cm³/mol. The molecule has 0 spiro atoms. The Balaban J connectivity index is 1.78. The number of nitrogens with one attached hydrogen (secondary N) is 3. The summed E-state index contributed by atoms with van der Waals surface area (Å²) in [6, 6.07) is 6.34. The maximum Gasteiger partial charge on any atom is 0.242 e. The molecule has 0 radical (unpaired) electrons. The summed E-state index contributed by atoms with van der Waals surface area (Å²) in [5, 5.41) is 9.63. The number of hydrogen-bond donors (Lipinski definition) is 3. The Hall–Kier alpha value is -3.40. The molecule has 4 rings (SSSR count). The van der Waals surface area contributed by atoms with Gasteiger partial charge in [-0.25, -0.2) is 0 Å². The first-order valence-corrected chi connectivity index (χ1v) is 17.0. The fourth-order valence-electron chi connectivity index (χ4n) is 6.42. The molecule has 3 N–H and O–H groups in total. The fraction of sp³-hybridized carbons (Fsp3) is 0.559. The average molecular weight is 626 g/mol. The molecular weight excluding hydrogens is 578 g/mol. The molecule has 44 heavy (non-hydrogen) atoms. The molecule has 2 aliphatic rings. The molecule has 2 aliphatic carbocycles. The summed E-state index contributed by atoms with van der Waals surface area (Å²) >= 11 is 1.67. The summed E-state index contributed by atoms with van der Waals surface area (Å²) in [6.07, 6.45) is 11.7. The van der Waals surface area contributed by atoms with E-state index in [1.165, 1.54) is 26.2 Å². The fourth-order valence-corrected chi connectivity index (χ4v) is 6.89. The molecule has 10 heteroatoms. The topological polar surface area (TPSA) is 115 Å². The van der Waals surface area contributed by atoms with Crippen molar-refractivity contribution >= 4 is 29.3 Å². The van der Waals surface area contributed by atoms with Gasteiger partial charge in [0.05, 0.1) is 33.1 Å². The highest BCUT2D eigenvalue weighted by Crippen LogP contribution is 2.50. The second-order valence-corrected chi connectivity index (χ2v) is 12.6. The van der Waals surface area contributed by atoms with Gasteiger partial charge in [0.15, 0.2) is 11.5 Å². The molecule has 0 bridgehead atoms. The molecule has 9 nitrogen and oxygen atoms in total. The molecule has 2 aromatic rings. The highest BCUT2D eigenvalue weighted by molar-refractivity contribution is 7.98. The van der Waals surface area contributed by atoms with Crippen LogP contribution in [0.2, 0.25) is 0 Å². The lowest BCUT2D eigenvalue weighted by Gasteiger charge is -2.25. The number of fused-ring (bicyclic) bond motifs is 3. The zero-order valence-corrected chi connectivity index (χ0v) is 27.5. The minimum atomic E-state index is -0.555. The lowest BCUT2D eigenvalue weighted by Crippen LogP contribution is -2.45. The van der Waals surface area contributed by atoms with Crippen LogP contribution in [0, 0.1) is 0 Å². The van der Waals surface area contributed by atoms with Crippen LogP contribution in [0.15, 0.2) is 29.1 Å². The Morgan fingerprint density at radius 3 is 2.27 bits per heavy atom. The molecule has 2 aromatic carbocycles. The van der Waals surface area contributed by atoms with Gasteiger partial charge < -0.3 is 30.2 Å². The van der Waals surface area contributed by atoms with Gasteiger partial charge in [0.2, 0.25) is 23.0 Å². The first-order valence-electron chi connectivity index (χ1n) is 15.6. The summed E-state index contributed by atoms with van der Waals surface area (Å²) < 4.78 is 17.2. The van der Waals surface area contributed by atoms with Gasteiger partial charge in [-0.3, -0.25) is 14.4 Å². The number of hydrogen-bond acceptors (Lipinski definition) is 8. The van der Waals surface area contributed by atoms with Crippen LogP contribution >= 0.6 is 11.8 Å². The maximum absolute atomic E-state index is 13.8. The van der Waals surface area contributed by atoms with Gasteiger partial charge in [-0.2, -0.15) is 11.8 Å². The second kappa shape index (κ2) is 16.1. The van der Waals surface area contributed by atoms with E-state index in [0.717, 1.165) is 48.1 Å². The molecule has 0 saturated heterocycles. The van der Waals surface area contributed by atoms with Crippen molar-refractivity contribution in [3.8, 4) is 28.4 Å². The third-order valence-electron chi connectivity index (χ3n) is 8.62. The zero-order valence-electron chi connectivity index (χ0n) is 26.7. The van der Waals surface area contributed by atoms with Crippen molar-refractivity contribution in [3.05, 3.63) is 45.6 Å². The van der Waals surface area contributed by atoms with Crippen LogP contribution in [-0.2, 0) is 16.0 Å². The zero-order chi connectivity index (χ0) is 31.6. The van der Waals surface area contributed by atoms with Crippen molar-refractivity contribution < 1.29 is 23.8 Å². The van der Waals surface area contributed by atoms with E-state index in [1.54, 1.807) is 45.2 Å². The monoisotopic (exact) mass is 625 g/mol. The number of benzene rings is 1. The summed E-state index contributed by atoms with van der Waals surface area (Å²) in [4.78, 5) is 39.7. The van der Waals surface area contributed by atoms with E-state index in [2.05, 4.69) is 16.0 Å². The van der Waals surface area contributed by atoms with Gasteiger partial charge in [0.1, 0.15) is 6.04 Å². The van der Waals surface area contributed by atoms with Gasteiger partial charge >= 0.3 is 0 Å². The van der Waals surface area contributed by atoms with Crippen molar-refractivity contribution in [1.29, 1.82) is 0 Å². The number of amides is 2. The summed E-state index contributed by atoms with van der Waals surface area (Å²) in [7, 11) is 4.72. The molecule has 0 unspecified atom stereocenters. The SMILES string of the molecule is COc1cc2c(c(OC)c1OC)-c1ccc(N[C@H](CCSC)C(=O)NC3CCCCCCC3)c(=O)cc1[C@H](NC(C)=O)CC2. The number of ether oxygens (including phenoxy) is 3. The highest BCUT2D eigenvalue weighted by Gasteiger charge is 2.30. The molecule has 2 atom stereocenters. The third kappa shape index (κ3) is 8.00. The van der Waals surface area contributed by atoms with E-state index in [1.807, 2.05) is 18.4 Å². The molecule has 0 aromatic heterocycles. The molecule has 240 valence electrons. The van der Waals surface area contributed by atoms with Crippen molar-refractivity contribution in [1.82, 2.24) is 10.6 Å². The second-order valence-electron chi connectivity index (χ2n) is 11.6. The Bertz CT molecular complexity index is 1380. The first kappa shape index (κ1) is 33.5. The number of thioether (sulfide) groups is 1. The number of rotatable bonds is 11. The van der Waals surface area contributed by atoms with E-state index in [-0.39, 0.29) is 23.3 Å². The molecular formula is C34H47N3O6S. The summed E-state index contributed by atoms with van der Waals surface area (Å²) in [6.45, 7) is 1.48. The Morgan fingerprint density at radius 1 is 0.932 bits per heavy atom. The van der Waals surface area contributed by atoms with Gasteiger partial charge in [-0.1, -0.05) is 38.2 Å². The van der Waals surface area contributed by atoms with Crippen molar-refractivity contribution in [2.45, 2.75) is 89.3 Å². The Morgan fingerprint density at radius 2 is 1.64 bits per heavy atom.